The lowest BCUT2D eigenvalue weighted by Gasteiger charge is -2.28. The quantitative estimate of drug-likeness (QED) is 0.917. The maximum atomic E-state index is 12.5. The van der Waals surface area contributed by atoms with Crippen LogP contribution in [0.15, 0.2) is 47.6 Å². The number of sulfonamides is 1. The molecule has 1 aliphatic heterocycles. The molecule has 0 aliphatic carbocycles. The Labute approximate surface area is 141 Å². The van der Waals surface area contributed by atoms with Crippen molar-refractivity contribution in [2.75, 3.05) is 11.4 Å². The number of benzene rings is 1. The molecule has 6 nitrogen and oxygen atoms in total. The highest BCUT2D eigenvalue weighted by Crippen LogP contribution is 2.29. The van der Waals surface area contributed by atoms with E-state index in [9.17, 15) is 13.2 Å². The molecule has 0 atom stereocenters. The zero-order chi connectivity index (χ0) is 17.2. The second-order valence-electron chi connectivity index (χ2n) is 5.75. The first-order valence-electron chi connectivity index (χ1n) is 7.77. The number of nitrogens with zero attached hydrogens (tertiary/aromatic N) is 2. The Kier molecular flexibility index (Phi) is 4.64. The van der Waals surface area contributed by atoms with Crippen LogP contribution < -0.4 is 9.62 Å². The molecule has 0 spiro atoms. The number of fused-ring (bicyclic) bond motifs is 1. The van der Waals surface area contributed by atoms with Gasteiger partial charge in [-0.05, 0) is 48.2 Å². The first-order valence-corrected chi connectivity index (χ1v) is 9.25. The van der Waals surface area contributed by atoms with E-state index in [0.29, 0.717) is 6.54 Å². The van der Waals surface area contributed by atoms with E-state index in [-0.39, 0.29) is 17.3 Å². The molecule has 1 aromatic carbocycles. The molecule has 0 bridgehead atoms. The monoisotopic (exact) mass is 345 g/mol. The van der Waals surface area contributed by atoms with Gasteiger partial charge in [-0.3, -0.25) is 9.78 Å². The predicted octanol–water partition coefficient (Wildman–Crippen LogP) is 1.86. The molecule has 2 heterocycles. The summed E-state index contributed by atoms with van der Waals surface area (Å²) in [5.41, 5.74) is 2.49. The van der Waals surface area contributed by atoms with Crippen molar-refractivity contribution >= 4 is 21.6 Å². The van der Waals surface area contributed by atoms with Gasteiger partial charge in [0.1, 0.15) is 0 Å². The second-order valence-corrected chi connectivity index (χ2v) is 7.52. The summed E-state index contributed by atoms with van der Waals surface area (Å²) in [6.45, 7) is 2.38. The Bertz CT molecular complexity index is 851. The highest BCUT2D eigenvalue weighted by molar-refractivity contribution is 7.89. The zero-order valence-corrected chi connectivity index (χ0v) is 14.2. The van der Waals surface area contributed by atoms with E-state index in [4.69, 9.17) is 0 Å². The van der Waals surface area contributed by atoms with Gasteiger partial charge in [-0.2, -0.15) is 0 Å². The van der Waals surface area contributed by atoms with E-state index < -0.39 is 10.0 Å². The normalized spacial score (nSPS) is 14.3. The summed E-state index contributed by atoms with van der Waals surface area (Å²) in [5.74, 6) is -0.0266. The molecule has 1 amide bonds. The summed E-state index contributed by atoms with van der Waals surface area (Å²) in [7, 11) is -3.61. The molecule has 1 N–H and O–H groups in total. The molecule has 7 heteroatoms. The third kappa shape index (κ3) is 3.47. The van der Waals surface area contributed by atoms with Gasteiger partial charge in [0.2, 0.25) is 15.9 Å². The third-order valence-corrected chi connectivity index (χ3v) is 5.45. The van der Waals surface area contributed by atoms with Crippen LogP contribution in [0.3, 0.4) is 0 Å². The Hall–Kier alpha value is -2.25. The average Bonchev–Trinajstić information content (AvgIpc) is 2.60. The minimum Gasteiger partial charge on any atom is -0.312 e. The van der Waals surface area contributed by atoms with Crippen molar-refractivity contribution in [3.05, 3.63) is 53.9 Å². The fraction of sp³-hybridized carbons (Fsp3) is 0.294. The van der Waals surface area contributed by atoms with E-state index in [2.05, 4.69) is 9.71 Å². The zero-order valence-electron chi connectivity index (χ0n) is 13.4. The van der Waals surface area contributed by atoms with E-state index in [1.807, 2.05) is 6.07 Å². The van der Waals surface area contributed by atoms with E-state index in [1.165, 1.54) is 6.92 Å². The van der Waals surface area contributed by atoms with E-state index in [1.54, 1.807) is 41.6 Å². The molecule has 0 saturated carbocycles. The number of carbonyl (C=O) groups excluding carboxylic acids is 1. The van der Waals surface area contributed by atoms with Crippen LogP contribution in [0, 0.1) is 0 Å². The number of carbonyl (C=O) groups is 1. The smallest absolute Gasteiger partial charge is 0.240 e. The molecular weight excluding hydrogens is 326 g/mol. The average molecular weight is 345 g/mol. The number of aryl methyl sites for hydroxylation is 1. The molecule has 2 aromatic rings. The Morgan fingerprint density at radius 2 is 2.17 bits per heavy atom. The number of anilines is 1. The van der Waals surface area contributed by atoms with Gasteiger partial charge in [-0.25, -0.2) is 13.1 Å². The van der Waals surface area contributed by atoms with Gasteiger partial charge in [-0.15, -0.1) is 0 Å². The molecule has 3 rings (SSSR count). The van der Waals surface area contributed by atoms with Crippen molar-refractivity contribution < 1.29 is 13.2 Å². The Balaban J connectivity index is 1.83. The van der Waals surface area contributed by atoms with Crippen molar-refractivity contribution in [2.45, 2.75) is 31.2 Å². The van der Waals surface area contributed by atoms with Gasteiger partial charge in [-0.1, -0.05) is 6.07 Å². The van der Waals surface area contributed by atoms with Crippen molar-refractivity contribution in [2.24, 2.45) is 0 Å². The minimum atomic E-state index is -3.61. The summed E-state index contributed by atoms with van der Waals surface area (Å²) in [6.07, 6.45) is 4.87. The summed E-state index contributed by atoms with van der Waals surface area (Å²) in [5, 5.41) is 0. The summed E-state index contributed by atoms with van der Waals surface area (Å²) < 4.78 is 27.6. The van der Waals surface area contributed by atoms with Gasteiger partial charge in [0.15, 0.2) is 0 Å². The van der Waals surface area contributed by atoms with Crippen LogP contribution in [0.1, 0.15) is 24.5 Å². The van der Waals surface area contributed by atoms with Crippen LogP contribution in [-0.2, 0) is 27.8 Å². The topological polar surface area (TPSA) is 79.4 Å². The third-order valence-electron chi connectivity index (χ3n) is 4.05. The van der Waals surface area contributed by atoms with Crippen LogP contribution in [0.2, 0.25) is 0 Å². The molecule has 0 saturated heterocycles. The van der Waals surface area contributed by atoms with E-state index in [0.717, 1.165) is 29.7 Å². The summed E-state index contributed by atoms with van der Waals surface area (Å²) in [4.78, 5) is 17.6. The fourth-order valence-corrected chi connectivity index (χ4v) is 3.90. The van der Waals surface area contributed by atoms with Crippen LogP contribution in [0.4, 0.5) is 5.69 Å². The maximum Gasteiger partial charge on any atom is 0.240 e. The molecule has 24 heavy (non-hydrogen) atoms. The van der Waals surface area contributed by atoms with Crippen LogP contribution in [0.25, 0.3) is 0 Å². The van der Waals surface area contributed by atoms with Crippen molar-refractivity contribution in [3.63, 3.8) is 0 Å². The first kappa shape index (κ1) is 16.6. The second kappa shape index (κ2) is 6.70. The Morgan fingerprint density at radius 3 is 2.88 bits per heavy atom. The molecule has 0 radical (unpaired) electrons. The SMILES string of the molecule is CC(=O)N1CCCc2cc(S(=O)(=O)NCc3cccnc3)ccc21. The molecule has 126 valence electrons. The molecular formula is C17H19N3O3S. The predicted molar refractivity (Wildman–Crippen MR) is 91.1 cm³/mol. The van der Waals surface area contributed by atoms with Crippen LogP contribution in [-0.4, -0.2) is 25.9 Å². The van der Waals surface area contributed by atoms with Gasteiger partial charge in [0, 0.05) is 38.1 Å². The minimum absolute atomic E-state index is 0.0266. The van der Waals surface area contributed by atoms with Gasteiger partial charge < -0.3 is 4.90 Å². The number of pyridine rings is 1. The number of hydrogen-bond donors (Lipinski definition) is 1. The fourth-order valence-electron chi connectivity index (χ4n) is 2.83. The standard InChI is InChI=1S/C17H19N3O3S/c1-13(21)20-9-3-5-15-10-16(6-7-17(15)20)24(22,23)19-12-14-4-2-8-18-11-14/h2,4,6-8,10-11,19H,3,5,9,12H2,1H3. The van der Waals surface area contributed by atoms with Crippen molar-refractivity contribution in [1.29, 1.82) is 0 Å². The van der Waals surface area contributed by atoms with Gasteiger partial charge in [0.05, 0.1) is 4.90 Å². The molecule has 1 aromatic heterocycles. The maximum absolute atomic E-state index is 12.5. The van der Waals surface area contributed by atoms with Crippen molar-refractivity contribution in [1.82, 2.24) is 9.71 Å². The molecule has 0 fully saturated rings. The Morgan fingerprint density at radius 1 is 1.33 bits per heavy atom. The molecule has 1 aliphatic rings. The summed E-state index contributed by atoms with van der Waals surface area (Å²) in [6, 6.07) is 8.50. The van der Waals surface area contributed by atoms with Gasteiger partial charge in [0.25, 0.3) is 0 Å². The van der Waals surface area contributed by atoms with Crippen LogP contribution >= 0.6 is 0 Å². The first-order chi connectivity index (χ1) is 11.5. The van der Waals surface area contributed by atoms with Crippen molar-refractivity contribution in [3.8, 4) is 0 Å². The van der Waals surface area contributed by atoms with Gasteiger partial charge >= 0.3 is 0 Å². The number of rotatable bonds is 4. The lowest BCUT2D eigenvalue weighted by Crippen LogP contribution is -2.33. The highest BCUT2D eigenvalue weighted by atomic mass is 32.2. The van der Waals surface area contributed by atoms with E-state index >= 15 is 0 Å². The number of hydrogen-bond acceptors (Lipinski definition) is 4. The molecule has 0 unspecified atom stereocenters. The van der Waals surface area contributed by atoms with Crippen LogP contribution in [0.5, 0.6) is 0 Å². The summed E-state index contributed by atoms with van der Waals surface area (Å²) >= 11 is 0. The number of amides is 1. The lowest BCUT2D eigenvalue weighted by atomic mass is 10.0. The highest BCUT2D eigenvalue weighted by Gasteiger charge is 2.22. The number of aromatic nitrogens is 1. The lowest BCUT2D eigenvalue weighted by molar-refractivity contribution is -0.116. The number of nitrogens with one attached hydrogen (secondary N) is 1. The largest absolute Gasteiger partial charge is 0.312 e.